The van der Waals surface area contributed by atoms with Crippen LogP contribution in [0.15, 0.2) is 18.2 Å². The number of benzene rings is 1. The molecule has 0 spiro atoms. The molecule has 0 radical (unpaired) electrons. The second kappa shape index (κ2) is 11.0. The Hall–Kier alpha value is -2.31. The molecule has 29 heavy (non-hydrogen) atoms. The molecule has 0 aliphatic carbocycles. The van der Waals surface area contributed by atoms with Crippen molar-refractivity contribution >= 4 is 17.8 Å². The highest BCUT2D eigenvalue weighted by Crippen LogP contribution is 2.38. The van der Waals surface area contributed by atoms with Gasteiger partial charge in [-0.05, 0) is 37.0 Å². The highest BCUT2D eigenvalue weighted by Gasteiger charge is 2.35. The van der Waals surface area contributed by atoms with Gasteiger partial charge in [0.2, 0.25) is 0 Å². The van der Waals surface area contributed by atoms with Crippen LogP contribution in [0.25, 0.3) is 11.3 Å². The number of hydrogen-bond donors (Lipinski definition) is 0. The number of halogens is 4. The lowest BCUT2D eigenvalue weighted by Gasteiger charge is -2.17. The summed E-state index contributed by atoms with van der Waals surface area (Å²) >= 11 is 6.53. The fourth-order valence-electron chi connectivity index (χ4n) is 2.87. The van der Waals surface area contributed by atoms with Crippen molar-refractivity contribution in [2.45, 2.75) is 52.8 Å². The zero-order valence-corrected chi connectivity index (χ0v) is 17.5. The number of aromatic nitrogens is 2. The van der Waals surface area contributed by atoms with Gasteiger partial charge >= 0.3 is 12.3 Å². The van der Waals surface area contributed by atoms with Gasteiger partial charge in [-0.25, -0.2) is 0 Å². The SMILES string of the molecule is CCCn1nc(CC)c(Cl)c1-c1ccc(C[C@H](C)C(F)(F)F)cc1OC.O=C=O. The van der Waals surface area contributed by atoms with E-state index < -0.39 is 12.1 Å². The number of carbonyl (C=O) groups excluding carboxylic acids is 2. The van der Waals surface area contributed by atoms with E-state index in [9.17, 15) is 13.2 Å². The molecular formula is C20H24ClF3N2O3. The first-order chi connectivity index (χ1) is 13.6. The van der Waals surface area contributed by atoms with Crippen LogP contribution in [0.5, 0.6) is 5.75 Å². The molecule has 0 bridgehead atoms. The summed E-state index contributed by atoms with van der Waals surface area (Å²) < 4.78 is 45.8. The van der Waals surface area contributed by atoms with Crippen molar-refractivity contribution in [1.82, 2.24) is 9.78 Å². The first kappa shape index (κ1) is 24.7. The first-order valence-electron chi connectivity index (χ1n) is 9.12. The minimum absolute atomic E-state index is 0.0949. The summed E-state index contributed by atoms with van der Waals surface area (Å²) in [4.78, 5) is 16.2. The fourth-order valence-corrected chi connectivity index (χ4v) is 3.24. The van der Waals surface area contributed by atoms with Gasteiger partial charge in [0.25, 0.3) is 0 Å². The molecule has 0 N–H and O–H groups in total. The molecule has 0 amide bonds. The third-order valence-corrected chi connectivity index (χ3v) is 4.75. The number of nitrogens with zero attached hydrogens (tertiary/aromatic N) is 2. The molecule has 0 saturated heterocycles. The standard InChI is InChI=1S/C19H24ClF3N2O.CO2/c1-5-9-25-18(17(20)15(6-2)24-25)14-8-7-13(11-16(14)26-4)10-12(3)19(21,22)23;2-1-3/h7-8,11-12H,5-6,9-10H2,1-4H3;/t12-;/m0./s1. The van der Waals surface area contributed by atoms with Crippen molar-refractivity contribution in [3.8, 4) is 17.0 Å². The Morgan fingerprint density at radius 1 is 1.28 bits per heavy atom. The van der Waals surface area contributed by atoms with E-state index in [2.05, 4.69) is 5.10 Å². The number of hydrogen-bond acceptors (Lipinski definition) is 4. The normalized spacial score (nSPS) is 12.0. The zero-order valence-electron chi connectivity index (χ0n) is 16.8. The average molecular weight is 433 g/mol. The van der Waals surface area contributed by atoms with Crippen LogP contribution in [0.2, 0.25) is 5.02 Å². The van der Waals surface area contributed by atoms with Gasteiger partial charge in [0.1, 0.15) is 5.75 Å². The summed E-state index contributed by atoms with van der Waals surface area (Å²) in [5, 5.41) is 5.12. The Morgan fingerprint density at radius 2 is 1.90 bits per heavy atom. The van der Waals surface area contributed by atoms with Gasteiger partial charge in [-0.3, -0.25) is 4.68 Å². The molecule has 2 aromatic rings. The van der Waals surface area contributed by atoms with Gasteiger partial charge in [0.15, 0.2) is 0 Å². The minimum atomic E-state index is -4.22. The van der Waals surface area contributed by atoms with E-state index in [4.69, 9.17) is 25.9 Å². The van der Waals surface area contributed by atoms with Gasteiger partial charge in [-0.2, -0.15) is 27.9 Å². The molecule has 160 valence electrons. The third-order valence-electron chi connectivity index (χ3n) is 4.35. The van der Waals surface area contributed by atoms with E-state index >= 15 is 0 Å². The molecule has 0 saturated carbocycles. The fraction of sp³-hybridized carbons (Fsp3) is 0.500. The molecule has 9 heteroatoms. The van der Waals surface area contributed by atoms with Crippen LogP contribution in [0.1, 0.15) is 38.4 Å². The van der Waals surface area contributed by atoms with Crippen LogP contribution in [0.4, 0.5) is 13.2 Å². The van der Waals surface area contributed by atoms with E-state index in [0.717, 1.165) is 23.4 Å². The molecular weight excluding hydrogens is 409 g/mol. The van der Waals surface area contributed by atoms with Crippen molar-refractivity contribution in [2.24, 2.45) is 5.92 Å². The van der Waals surface area contributed by atoms with E-state index in [-0.39, 0.29) is 12.6 Å². The highest BCUT2D eigenvalue weighted by molar-refractivity contribution is 6.33. The lowest BCUT2D eigenvalue weighted by atomic mass is 9.98. The quantitative estimate of drug-likeness (QED) is 0.592. The maximum atomic E-state index is 12.8. The van der Waals surface area contributed by atoms with E-state index in [1.54, 1.807) is 18.2 Å². The summed E-state index contributed by atoms with van der Waals surface area (Å²) in [6, 6.07) is 5.12. The number of methoxy groups -OCH3 is 1. The molecule has 0 fully saturated rings. The minimum Gasteiger partial charge on any atom is -0.496 e. The third kappa shape index (κ3) is 6.34. The lowest BCUT2D eigenvalue weighted by molar-refractivity contribution is -0.191. The Kier molecular flexibility index (Phi) is 9.40. The molecule has 1 heterocycles. The van der Waals surface area contributed by atoms with Crippen molar-refractivity contribution < 1.29 is 27.5 Å². The predicted octanol–water partition coefficient (Wildman–Crippen LogP) is 5.34. The molecule has 0 aliphatic heterocycles. The van der Waals surface area contributed by atoms with Crippen molar-refractivity contribution in [3.63, 3.8) is 0 Å². The van der Waals surface area contributed by atoms with E-state index in [0.29, 0.717) is 29.3 Å². The summed E-state index contributed by atoms with van der Waals surface area (Å²) in [7, 11) is 1.50. The van der Waals surface area contributed by atoms with Crippen molar-refractivity contribution in [1.29, 1.82) is 0 Å². The molecule has 0 unspecified atom stereocenters. The summed E-state index contributed by atoms with van der Waals surface area (Å²) in [5.41, 5.74) is 2.86. The zero-order chi connectivity index (χ0) is 22.2. The number of aryl methyl sites for hydroxylation is 2. The largest absolute Gasteiger partial charge is 0.496 e. The molecule has 1 atom stereocenters. The first-order valence-corrected chi connectivity index (χ1v) is 9.50. The van der Waals surface area contributed by atoms with Crippen LogP contribution >= 0.6 is 11.6 Å². The van der Waals surface area contributed by atoms with Crippen LogP contribution in [-0.2, 0) is 29.0 Å². The maximum absolute atomic E-state index is 12.8. The van der Waals surface area contributed by atoms with E-state index in [1.165, 1.54) is 14.0 Å². The van der Waals surface area contributed by atoms with Crippen molar-refractivity contribution in [3.05, 3.63) is 34.5 Å². The lowest BCUT2D eigenvalue weighted by Crippen LogP contribution is -2.21. The van der Waals surface area contributed by atoms with Gasteiger partial charge in [0, 0.05) is 12.1 Å². The van der Waals surface area contributed by atoms with Gasteiger partial charge in [-0.1, -0.05) is 38.4 Å². The molecule has 1 aromatic carbocycles. The molecule has 0 aliphatic rings. The topological polar surface area (TPSA) is 61.2 Å². The molecule has 1 aromatic heterocycles. The average Bonchev–Trinajstić information content (AvgIpc) is 2.97. The van der Waals surface area contributed by atoms with Crippen molar-refractivity contribution in [2.75, 3.05) is 7.11 Å². The maximum Gasteiger partial charge on any atom is 0.391 e. The second-order valence-corrected chi connectivity index (χ2v) is 6.83. The molecule has 5 nitrogen and oxygen atoms in total. The van der Waals surface area contributed by atoms with Gasteiger partial charge in [-0.15, -0.1) is 0 Å². The Labute approximate surface area is 172 Å². The van der Waals surface area contributed by atoms with Gasteiger partial charge in [0.05, 0.1) is 29.4 Å². The molecule has 2 rings (SSSR count). The number of rotatable bonds is 7. The number of ether oxygens (including phenoxy) is 1. The van der Waals surface area contributed by atoms with Gasteiger partial charge < -0.3 is 4.74 Å². The van der Waals surface area contributed by atoms with Crippen LogP contribution < -0.4 is 4.74 Å². The Balaban J connectivity index is 0.00000132. The summed E-state index contributed by atoms with van der Waals surface area (Å²) in [5.74, 6) is -0.919. The summed E-state index contributed by atoms with van der Waals surface area (Å²) in [6.07, 6.45) is -2.48. The Bertz CT molecular complexity index is 844. The Morgan fingerprint density at radius 3 is 2.38 bits per heavy atom. The van der Waals surface area contributed by atoms with E-state index in [1.807, 2.05) is 18.5 Å². The highest BCUT2D eigenvalue weighted by atomic mass is 35.5. The number of alkyl halides is 3. The monoisotopic (exact) mass is 432 g/mol. The van der Waals surface area contributed by atoms with Crippen LogP contribution in [0.3, 0.4) is 0 Å². The predicted molar refractivity (Wildman–Crippen MR) is 103 cm³/mol. The smallest absolute Gasteiger partial charge is 0.391 e. The van der Waals surface area contributed by atoms with Crippen LogP contribution in [-0.4, -0.2) is 29.2 Å². The second-order valence-electron chi connectivity index (χ2n) is 6.45. The van der Waals surface area contributed by atoms with Crippen LogP contribution in [0, 0.1) is 5.92 Å². The summed E-state index contributed by atoms with van der Waals surface area (Å²) in [6.45, 7) is 5.91.